The average Bonchev–Trinajstić information content (AvgIpc) is 2.19. The van der Waals surface area contributed by atoms with E-state index in [4.69, 9.17) is 5.26 Å². The zero-order valence-electron chi connectivity index (χ0n) is 8.00. The summed E-state index contributed by atoms with van der Waals surface area (Å²) in [6.45, 7) is 0. The molecule has 0 bridgehead atoms. The van der Waals surface area contributed by atoms with Gasteiger partial charge >= 0.3 is 0 Å². The Balaban J connectivity index is 1.90. The van der Waals surface area contributed by atoms with E-state index in [1.165, 1.54) is 32.1 Å². The number of unbranched alkanes of at least 4 members (excludes halogenated alkanes) is 1. The van der Waals surface area contributed by atoms with E-state index in [0.29, 0.717) is 0 Å². The quantitative estimate of drug-likeness (QED) is 0.511. The van der Waals surface area contributed by atoms with E-state index in [1.807, 2.05) is 10.8 Å². The highest BCUT2D eigenvalue weighted by Gasteiger charge is 2.13. The first-order valence-electron chi connectivity index (χ1n) is 5.08. The Morgan fingerprint density at radius 2 is 2.00 bits per heavy atom. The molecule has 0 unspecified atom stereocenters. The number of nitrogens with zero attached hydrogens (tertiary/aromatic N) is 1. The smallest absolute Gasteiger partial charge is 0.0622 e. The van der Waals surface area contributed by atoms with Gasteiger partial charge in [0.1, 0.15) is 0 Å². The summed E-state index contributed by atoms with van der Waals surface area (Å²) in [4.78, 5) is 0. The van der Waals surface area contributed by atoms with Crippen molar-refractivity contribution in [1.82, 2.24) is 0 Å². The zero-order valence-corrected chi connectivity index (χ0v) is 9.63. The van der Waals surface area contributed by atoms with Gasteiger partial charge < -0.3 is 0 Å². The SMILES string of the molecule is N#CCCCSSC1CCCCC1. The van der Waals surface area contributed by atoms with Crippen LogP contribution in [0, 0.1) is 11.3 Å². The van der Waals surface area contributed by atoms with E-state index < -0.39 is 0 Å². The van der Waals surface area contributed by atoms with Gasteiger partial charge in [-0.3, -0.25) is 0 Å². The lowest BCUT2D eigenvalue weighted by atomic mass is 10.0. The van der Waals surface area contributed by atoms with Crippen molar-refractivity contribution in [2.24, 2.45) is 0 Å². The highest BCUT2D eigenvalue weighted by Crippen LogP contribution is 2.36. The predicted molar refractivity (Wildman–Crippen MR) is 61.8 cm³/mol. The molecular formula is C10H17NS2. The summed E-state index contributed by atoms with van der Waals surface area (Å²) in [6, 6.07) is 2.18. The maximum Gasteiger partial charge on any atom is 0.0622 e. The molecule has 1 aliphatic rings. The molecule has 0 atom stereocenters. The second-order valence-electron chi connectivity index (χ2n) is 3.44. The van der Waals surface area contributed by atoms with Gasteiger partial charge in [-0.1, -0.05) is 40.9 Å². The van der Waals surface area contributed by atoms with Crippen LogP contribution in [-0.2, 0) is 0 Å². The predicted octanol–water partition coefficient (Wildman–Crippen LogP) is 4.00. The van der Waals surface area contributed by atoms with Crippen LogP contribution >= 0.6 is 21.6 Å². The average molecular weight is 215 g/mol. The lowest BCUT2D eigenvalue weighted by Crippen LogP contribution is -2.06. The molecule has 0 spiro atoms. The summed E-state index contributed by atoms with van der Waals surface area (Å²) >= 11 is 0. The molecule has 0 aromatic carbocycles. The van der Waals surface area contributed by atoms with Crippen LogP contribution in [0.1, 0.15) is 44.9 Å². The van der Waals surface area contributed by atoms with Crippen LogP contribution in [0.3, 0.4) is 0 Å². The van der Waals surface area contributed by atoms with Crippen molar-refractivity contribution in [3.8, 4) is 6.07 Å². The molecular weight excluding hydrogens is 198 g/mol. The third-order valence-electron chi connectivity index (χ3n) is 2.27. The van der Waals surface area contributed by atoms with Crippen LogP contribution < -0.4 is 0 Å². The third kappa shape index (κ3) is 5.49. The van der Waals surface area contributed by atoms with Gasteiger partial charge in [-0.2, -0.15) is 5.26 Å². The Morgan fingerprint density at radius 3 is 2.69 bits per heavy atom. The Morgan fingerprint density at radius 1 is 1.23 bits per heavy atom. The summed E-state index contributed by atoms with van der Waals surface area (Å²) in [5.74, 6) is 1.15. The van der Waals surface area contributed by atoms with Crippen LogP contribution in [-0.4, -0.2) is 11.0 Å². The molecule has 1 nitrogen and oxygen atoms in total. The fourth-order valence-electron chi connectivity index (χ4n) is 1.52. The normalized spacial score (nSPS) is 18.4. The van der Waals surface area contributed by atoms with E-state index in [0.717, 1.165) is 23.8 Å². The summed E-state index contributed by atoms with van der Waals surface area (Å²) in [6.07, 6.45) is 8.90. The summed E-state index contributed by atoms with van der Waals surface area (Å²) in [7, 11) is 4.02. The molecule has 1 fully saturated rings. The maximum atomic E-state index is 8.35. The van der Waals surface area contributed by atoms with Crippen molar-refractivity contribution in [3.05, 3.63) is 0 Å². The van der Waals surface area contributed by atoms with E-state index in [1.54, 1.807) is 0 Å². The van der Waals surface area contributed by atoms with E-state index >= 15 is 0 Å². The van der Waals surface area contributed by atoms with Crippen molar-refractivity contribution in [3.63, 3.8) is 0 Å². The number of rotatable bonds is 5. The lowest BCUT2D eigenvalue weighted by molar-refractivity contribution is 0.517. The van der Waals surface area contributed by atoms with Crippen molar-refractivity contribution in [1.29, 1.82) is 5.26 Å². The minimum Gasteiger partial charge on any atom is -0.198 e. The monoisotopic (exact) mass is 215 g/mol. The summed E-state index contributed by atoms with van der Waals surface area (Å²) in [5.41, 5.74) is 0. The van der Waals surface area contributed by atoms with Gasteiger partial charge in [-0.25, -0.2) is 0 Å². The highest BCUT2D eigenvalue weighted by atomic mass is 33.1. The van der Waals surface area contributed by atoms with E-state index in [2.05, 4.69) is 16.9 Å². The molecule has 3 heteroatoms. The number of hydrogen-bond donors (Lipinski definition) is 0. The van der Waals surface area contributed by atoms with Crippen molar-refractivity contribution in [2.45, 2.75) is 50.2 Å². The van der Waals surface area contributed by atoms with Crippen molar-refractivity contribution < 1.29 is 0 Å². The fraction of sp³-hybridized carbons (Fsp3) is 0.900. The Labute approximate surface area is 89.1 Å². The largest absolute Gasteiger partial charge is 0.198 e. The molecule has 0 saturated heterocycles. The van der Waals surface area contributed by atoms with Crippen LogP contribution in [0.25, 0.3) is 0 Å². The standard InChI is InChI=1S/C10H17NS2/c11-8-4-5-9-12-13-10-6-2-1-3-7-10/h10H,1-7,9H2. The van der Waals surface area contributed by atoms with Crippen molar-refractivity contribution >= 4 is 21.6 Å². The van der Waals surface area contributed by atoms with Crippen LogP contribution in [0.5, 0.6) is 0 Å². The minimum absolute atomic E-state index is 0.720. The molecule has 13 heavy (non-hydrogen) atoms. The fourth-order valence-corrected chi connectivity index (χ4v) is 4.39. The molecule has 1 aliphatic carbocycles. The second kappa shape index (κ2) is 7.58. The minimum atomic E-state index is 0.720. The van der Waals surface area contributed by atoms with Crippen molar-refractivity contribution in [2.75, 3.05) is 5.75 Å². The zero-order chi connectivity index (χ0) is 9.36. The Hall–Kier alpha value is 0.190. The van der Waals surface area contributed by atoms with Gasteiger partial charge in [0.25, 0.3) is 0 Å². The van der Waals surface area contributed by atoms with E-state index in [9.17, 15) is 0 Å². The highest BCUT2D eigenvalue weighted by molar-refractivity contribution is 8.76. The molecule has 1 saturated carbocycles. The Bertz CT molecular complexity index is 159. The summed E-state index contributed by atoms with van der Waals surface area (Å²) in [5, 5.41) is 9.25. The van der Waals surface area contributed by atoms with Gasteiger partial charge in [-0.05, 0) is 19.3 Å². The molecule has 74 valence electrons. The van der Waals surface area contributed by atoms with Crippen LogP contribution in [0.15, 0.2) is 0 Å². The second-order valence-corrected chi connectivity index (χ2v) is 6.23. The number of hydrogen-bond acceptors (Lipinski definition) is 3. The summed E-state index contributed by atoms with van der Waals surface area (Å²) < 4.78 is 0. The molecule has 0 amide bonds. The molecule has 0 aromatic heterocycles. The van der Waals surface area contributed by atoms with Crippen LogP contribution in [0.2, 0.25) is 0 Å². The molecule has 0 N–H and O–H groups in total. The first-order valence-corrected chi connectivity index (χ1v) is 7.47. The molecule has 0 radical (unpaired) electrons. The van der Waals surface area contributed by atoms with Gasteiger partial charge in [0.15, 0.2) is 0 Å². The number of nitriles is 1. The Kier molecular flexibility index (Phi) is 6.57. The first kappa shape index (κ1) is 11.3. The molecule has 0 heterocycles. The van der Waals surface area contributed by atoms with Gasteiger partial charge in [0.2, 0.25) is 0 Å². The van der Waals surface area contributed by atoms with Crippen LogP contribution in [0.4, 0.5) is 0 Å². The van der Waals surface area contributed by atoms with Gasteiger partial charge in [0, 0.05) is 17.4 Å². The van der Waals surface area contributed by atoms with Gasteiger partial charge in [-0.15, -0.1) is 0 Å². The maximum absolute atomic E-state index is 8.35. The topological polar surface area (TPSA) is 23.8 Å². The third-order valence-corrected chi connectivity index (χ3v) is 5.33. The molecule has 1 rings (SSSR count). The lowest BCUT2D eigenvalue weighted by Gasteiger charge is -2.19. The van der Waals surface area contributed by atoms with Gasteiger partial charge in [0.05, 0.1) is 6.07 Å². The first-order chi connectivity index (χ1) is 6.43. The van der Waals surface area contributed by atoms with E-state index in [-0.39, 0.29) is 0 Å². The molecule has 0 aliphatic heterocycles. The molecule has 0 aromatic rings.